The number of carbonyl (C=O) groups is 1. The average Bonchev–Trinajstić information content (AvgIpc) is 2.56. The molecule has 0 saturated heterocycles. The standard InChI is InChI=1S/C17H15BrN2O2/c1-22-16-7-3-2-6-15(16)17(21)20-19-12-4-5-13-8-10-14(18)11-9-13/h2-12H,1H3,(H,20,21)/b5-4+,19-12-. The van der Waals surface area contributed by atoms with Crippen molar-refractivity contribution in [2.75, 3.05) is 7.11 Å². The highest BCUT2D eigenvalue weighted by atomic mass is 79.9. The first-order valence-corrected chi connectivity index (χ1v) is 7.38. The SMILES string of the molecule is COc1ccccc1C(=O)N/N=C\C=C\c1ccc(Br)cc1. The molecule has 22 heavy (non-hydrogen) atoms. The lowest BCUT2D eigenvalue weighted by molar-refractivity contribution is 0.0952. The summed E-state index contributed by atoms with van der Waals surface area (Å²) in [6.45, 7) is 0. The van der Waals surface area contributed by atoms with Crippen LogP contribution in [0.2, 0.25) is 0 Å². The number of amides is 1. The number of nitrogens with zero attached hydrogens (tertiary/aromatic N) is 1. The lowest BCUT2D eigenvalue weighted by Gasteiger charge is -2.05. The van der Waals surface area contributed by atoms with Crippen molar-refractivity contribution >= 4 is 34.1 Å². The van der Waals surface area contributed by atoms with Gasteiger partial charge in [0.25, 0.3) is 5.91 Å². The van der Waals surface area contributed by atoms with Gasteiger partial charge in [0.2, 0.25) is 0 Å². The van der Waals surface area contributed by atoms with E-state index in [1.807, 2.05) is 30.3 Å². The van der Waals surface area contributed by atoms with E-state index in [0.717, 1.165) is 10.0 Å². The van der Waals surface area contributed by atoms with E-state index in [-0.39, 0.29) is 5.91 Å². The smallest absolute Gasteiger partial charge is 0.275 e. The van der Waals surface area contributed by atoms with E-state index in [0.29, 0.717) is 11.3 Å². The second-order valence-corrected chi connectivity index (χ2v) is 5.25. The molecule has 0 bridgehead atoms. The Kier molecular flexibility index (Phi) is 5.91. The third kappa shape index (κ3) is 4.56. The fourth-order valence-corrected chi connectivity index (χ4v) is 2.02. The first-order chi connectivity index (χ1) is 10.7. The summed E-state index contributed by atoms with van der Waals surface area (Å²) in [5, 5.41) is 3.88. The van der Waals surface area contributed by atoms with Crippen molar-refractivity contribution in [3.63, 3.8) is 0 Å². The van der Waals surface area contributed by atoms with Gasteiger partial charge in [0, 0.05) is 10.7 Å². The van der Waals surface area contributed by atoms with Gasteiger partial charge >= 0.3 is 0 Å². The van der Waals surface area contributed by atoms with Crippen LogP contribution in [-0.4, -0.2) is 19.2 Å². The van der Waals surface area contributed by atoms with Gasteiger partial charge in [-0.1, -0.05) is 46.3 Å². The van der Waals surface area contributed by atoms with E-state index in [2.05, 4.69) is 26.5 Å². The Morgan fingerprint density at radius 1 is 1.18 bits per heavy atom. The zero-order chi connectivity index (χ0) is 15.8. The number of hydrogen-bond acceptors (Lipinski definition) is 3. The van der Waals surface area contributed by atoms with Gasteiger partial charge in [0.05, 0.1) is 12.7 Å². The lowest BCUT2D eigenvalue weighted by atomic mass is 10.2. The molecule has 112 valence electrons. The molecular weight excluding hydrogens is 344 g/mol. The molecule has 4 nitrogen and oxygen atoms in total. The molecule has 0 heterocycles. The van der Waals surface area contributed by atoms with Crippen LogP contribution in [0.1, 0.15) is 15.9 Å². The number of hydrogen-bond donors (Lipinski definition) is 1. The van der Waals surface area contributed by atoms with E-state index in [9.17, 15) is 4.79 Å². The molecule has 2 aromatic carbocycles. The van der Waals surface area contributed by atoms with Crippen LogP contribution in [0.4, 0.5) is 0 Å². The molecule has 5 heteroatoms. The average molecular weight is 359 g/mol. The number of benzene rings is 2. The molecule has 0 aliphatic carbocycles. The molecule has 1 amide bonds. The number of hydrazone groups is 1. The molecule has 0 fully saturated rings. The van der Waals surface area contributed by atoms with Gasteiger partial charge in [-0.3, -0.25) is 4.79 Å². The van der Waals surface area contributed by atoms with Crippen LogP contribution in [0.15, 0.2) is 64.2 Å². The van der Waals surface area contributed by atoms with E-state index in [4.69, 9.17) is 4.74 Å². The van der Waals surface area contributed by atoms with Crippen molar-refractivity contribution in [1.29, 1.82) is 0 Å². The lowest BCUT2D eigenvalue weighted by Crippen LogP contribution is -2.18. The van der Waals surface area contributed by atoms with Crippen LogP contribution < -0.4 is 10.2 Å². The van der Waals surface area contributed by atoms with Gasteiger partial charge in [-0.05, 0) is 35.9 Å². The highest BCUT2D eigenvalue weighted by Gasteiger charge is 2.09. The van der Waals surface area contributed by atoms with Gasteiger partial charge in [-0.25, -0.2) is 5.43 Å². The van der Waals surface area contributed by atoms with Crippen LogP contribution in [0.5, 0.6) is 5.75 Å². The zero-order valence-electron chi connectivity index (χ0n) is 12.0. The Morgan fingerprint density at radius 2 is 1.91 bits per heavy atom. The molecule has 0 unspecified atom stereocenters. The number of ether oxygens (including phenoxy) is 1. The van der Waals surface area contributed by atoms with E-state index < -0.39 is 0 Å². The van der Waals surface area contributed by atoms with Crippen molar-refractivity contribution in [2.45, 2.75) is 0 Å². The fourth-order valence-electron chi connectivity index (χ4n) is 1.76. The zero-order valence-corrected chi connectivity index (χ0v) is 13.6. The van der Waals surface area contributed by atoms with Gasteiger partial charge in [-0.2, -0.15) is 5.10 Å². The summed E-state index contributed by atoms with van der Waals surface area (Å²) < 4.78 is 6.16. The molecular formula is C17H15BrN2O2. The molecule has 1 N–H and O–H groups in total. The molecule has 0 radical (unpaired) electrons. The molecule has 0 spiro atoms. The van der Waals surface area contributed by atoms with Gasteiger partial charge in [-0.15, -0.1) is 0 Å². The normalized spacial score (nSPS) is 11.0. The van der Waals surface area contributed by atoms with Crippen molar-refractivity contribution < 1.29 is 9.53 Å². The van der Waals surface area contributed by atoms with Crippen LogP contribution in [0, 0.1) is 0 Å². The molecule has 0 aliphatic rings. The molecule has 0 aliphatic heterocycles. The molecule has 0 aromatic heterocycles. The second-order valence-electron chi connectivity index (χ2n) is 4.33. The topological polar surface area (TPSA) is 50.7 Å². The van der Waals surface area contributed by atoms with E-state index in [1.165, 1.54) is 13.3 Å². The Labute approximate surface area is 137 Å². The number of rotatable bonds is 5. The van der Waals surface area contributed by atoms with Gasteiger partial charge in [0.15, 0.2) is 0 Å². The van der Waals surface area contributed by atoms with Crippen molar-refractivity contribution in [1.82, 2.24) is 5.43 Å². The van der Waals surface area contributed by atoms with Crippen molar-refractivity contribution in [2.24, 2.45) is 5.10 Å². The van der Waals surface area contributed by atoms with Gasteiger partial charge < -0.3 is 4.74 Å². The number of halogens is 1. The van der Waals surface area contributed by atoms with Crippen LogP contribution >= 0.6 is 15.9 Å². The molecule has 0 atom stereocenters. The fraction of sp³-hybridized carbons (Fsp3) is 0.0588. The third-order valence-electron chi connectivity index (χ3n) is 2.84. The largest absolute Gasteiger partial charge is 0.496 e. The Morgan fingerprint density at radius 3 is 2.64 bits per heavy atom. The third-order valence-corrected chi connectivity index (χ3v) is 3.37. The molecule has 2 aromatic rings. The maximum absolute atomic E-state index is 12.0. The summed E-state index contributed by atoms with van der Waals surface area (Å²) >= 11 is 3.38. The van der Waals surface area contributed by atoms with E-state index >= 15 is 0 Å². The number of para-hydroxylation sites is 1. The Balaban J connectivity index is 1.92. The molecule has 2 rings (SSSR count). The Hall–Kier alpha value is -2.40. The summed E-state index contributed by atoms with van der Waals surface area (Å²) in [6, 6.07) is 14.9. The summed E-state index contributed by atoms with van der Waals surface area (Å²) in [5.74, 6) is 0.200. The highest BCUT2D eigenvalue weighted by Crippen LogP contribution is 2.16. The summed E-state index contributed by atoms with van der Waals surface area (Å²) in [5.41, 5.74) is 3.95. The number of allylic oxidation sites excluding steroid dienone is 1. The predicted molar refractivity (Wildman–Crippen MR) is 92.1 cm³/mol. The number of methoxy groups -OCH3 is 1. The minimum Gasteiger partial charge on any atom is -0.496 e. The number of nitrogens with one attached hydrogen (secondary N) is 1. The van der Waals surface area contributed by atoms with E-state index in [1.54, 1.807) is 30.3 Å². The van der Waals surface area contributed by atoms with Crippen LogP contribution in [0.3, 0.4) is 0 Å². The maximum Gasteiger partial charge on any atom is 0.275 e. The predicted octanol–water partition coefficient (Wildman–Crippen LogP) is 3.89. The summed E-state index contributed by atoms with van der Waals surface area (Å²) in [7, 11) is 1.52. The second kappa shape index (κ2) is 8.14. The van der Waals surface area contributed by atoms with Crippen molar-refractivity contribution in [3.8, 4) is 5.75 Å². The molecule has 0 saturated carbocycles. The quantitative estimate of drug-likeness (QED) is 0.651. The monoisotopic (exact) mass is 358 g/mol. The highest BCUT2D eigenvalue weighted by molar-refractivity contribution is 9.10. The van der Waals surface area contributed by atoms with Crippen LogP contribution in [0.25, 0.3) is 6.08 Å². The number of carbonyl (C=O) groups excluding carboxylic acids is 1. The van der Waals surface area contributed by atoms with Crippen LogP contribution in [-0.2, 0) is 0 Å². The van der Waals surface area contributed by atoms with Gasteiger partial charge in [0.1, 0.15) is 5.75 Å². The minimum absolute atomic E-state index is 0.314. The minimum atomic E-state index is -0.314. The first kappa shape index (κ1) is 16.0. The van der Waals surface area contributed by atoms with Crippen molar-refractivity contribution in [3.05, 3.63) is 70.2 Å². The summed E-state index contributed by atoms with van der Waals surface area (Å²) in [4.78, 5) is 12.0. The first-order valence-electron chi connectivity index (χ1n) is 6.59. The summed E-state index contributed by atoms with van der Waals surface area (Å²) in [6.07, 6.45) is 5.17. The Bertz CT molecular complexity index is 694. The maximum atomic E-state index is 12.0.